The average Bonchev–Trinajstić information content (AvgIpc) is 2.69. The van der Waals surface area contributed by atoms with Crippen molar-refractivity contribution in [1.29, 1.82) is 0 Å². The Morgan fingerprint density at radius 3 is 2.27 bits per heavy atom. The molecule has 2 aromatic rings. The number of para-hydroxylation sites is 3. The molecule has 0 spiro atoms. The Balaban J connectivity index is 1.59. The summed E-state index contributed by atoms with van der Waals surface area (Å²) in [5, 5.41) is 0. The van der Waals surface area contributed by atoms with Crippen molar-refractivity contribution in [1.82, 2.24) is 4.90 Å². The summed E-state index contributed by atoms with van der Waals surface area (Å²) in [6.07, 6.45) is -0.732. The minimum Gasteiger partial charge on any atom is -0.495 e. The van der Waals surface area contributed by atoms with Gasteiger partial charge in [-0.25, -0.2) is 4.39 Å². The van der Waals surface area contributed by atoms with Gasteiger partial charge in [0, 0.05) is 26.2 Å². The van der Waals surface area contributed by atoms with Crippen LogP contribution in [0.3, 0.4) is 0 Å². The first-order chi connectivity index (χ1) is 12.6. The van der Waals surface area contributed by atoms with Gasteiger partial charge in [-0.1, -0.05) is 24.3 Å². The van der Waals surface area contributed by atoms with Gasteiger partial charge < -0.3 is 19.3 Å². The molecule has 1 amide bonds. The van der Waals surface area contributed by atoms with Crippen LogP contribution in [0.15, 0.2) is 48.5 Å². The van der Waals surface area contributed by atoms with Crippen LogP contribution in [-0.4, -0.2) is 50.2 Å². The molecule has 0 saturated carbocycles. The minimum atomic E-state index is -0.732. The molecule has 5 nitrogen and oxygen atoms in total. The number of carbonyl (C=O) groups is 1. The predicted octanol–water partition coefficient (Wildman–Crippen LogP) is 2.95. The molecular formula is C20H23FN2O3. The fraction of sp³-hybridized carbons (Fsp3) is 0.350. The van der Waals surface area contributed by atoms with Gasteiger partial charge in [-0.3, -0.25) is 4.79 Å². The molecule has 138 valence electrons. The number of piperazine rings is 1. The van der Waals surface area contributed by atoms with Gasteiger partial charge in [0.05, 0.1) is 12.8 Å². The molecule has 1 fully saturated rings. The molecule has 1 unspecified atom stereocenters. The number of rotatable bonds is 5. The van der Waals surface area contributed by atoms with Crippen LogP contribution in [0.2, 0.25) is 0 Å². The molecular weight excluding hydrogens is 335 g/mol. The zero-order valence-electron chi connectivity index (χ0n) is 15.0. The lowest BCUT2D eigenvalue weighted by Gasteiger charge is -2.37. The molecule has 6 heteroatoms. The van der Waals surface area contributed by atoms with Crippen molar-refractivity contribution in [2.75, 3.05) is 38.2 Å². The monoisotopic (exact) mass is 358 g/mol. The Morgan fingerprint density at radius 1 is 1.00 bits per heavy atom. The largest absolute Gasteiger partial charge is 0.495 e. The van der Waals surface area contributed by atoms with Crippen LogP contribution in [0.1, 0.15) is 6.92 Å². The molecule has 0 N–H and O–H groups in total. The van der Waals surface area contributed by atoms with Crippen LogP contribution in [0.4, 0.5) is 10.1 Å². The van der Waals surface area contributed by atoms with E-state index in [0.29, 0.717) is 26.2 Å². The van der Waals surface area contributed by atoms with Gasteiger partial charge in [0.15, 0.2) is 17.7 Å². The maximum Gasteiger partial charge on any atom is 0.263 e. The molecule has 1 aliphatic heterocycles. The molecule has 1 atom stereocenters. The summed E-state index contributed by atoms with van der Waals surface area (Å²) in [6.45, 7) is 4.24. The van der Waals surface area contributed by atoms with Crippen LogP contribution in [-0.2, 0) is 4.79 Å². The maximum atomic E-state index is 13.7. The zero-order valence-corrected chi connectivity index (χ0v) is 15.0. The normalized spacial score (nSPS) is 15.5. The molecule has 1 aliphatic rings. The summed E-state index contributed by atoms with van der Waals surface area (Å²) in [6, 6.07) is 14.0. The van der Waals surface area contributed by atoms with E-state index in [9.17, 15) is 9.18 Å². The highest BCUT2D eigenvalue weighted by Crippen LogP contribution is 2.28. The number of halogens is 1. The third-order valence-electron chi connectivity index (χ3n) is 4.51. The maximum absolute atomic E-state index is 13.7. The van der Waals surface area contributed by atoms with E-state index in [4.69, 9.17) is 9.47 Å². The Kier molecular flexibility index (Phi) is 5.61. The number of hydrogen-bond donors (Lipinski definition) is 0. The SMILES string of the molecule is COc1ccccc1N1CCN(C(=O)C(C)Oc2ccccc2F)CC1. The third-order valence-corrected chi connectivity index (χ3v) is 4.51. The van der Waals surface area contributed by atoms with E-state index in [-0.39, 0.29) is 11.7 Å². The fourth-order valence-corrected chi connectivity index (χ4v) is 3.10. The van der Waals surface area contributed by atoms with Crippen molar-refractivity contribution in [2.24, 2.45) is 0 Å². The quantitative estimate of drug-likeness (QED) is 0.824. The van der Waals surface area contributed by atoms with E-state index in [1.54, 1.807) is 31.1 Å². The van der Waals surface area contributed by atoms with Crippen molar-refractivity contribution < 1.29 is 18.7 Å². The van der Waals surface area contributed by atoms with Gasteiger partial charge in [0.25, 0.3) is 5.91 Å². The molecule has 1 heterocycles. The Morgan fingerprint density at radius 2 is 1.62 bits per heavy atom. The van der Waals surface area contributed by atoms with Crippen molar-refractivity contribution in [3.63, 3.8) is 0 Å². The van der Waals surface area contributed by atoms with Gasteiger partial charge in [-0.2, -0.15) is 0 Å². The summed E-state index contributed by atoms with van der Waals surface area (Å²) in [5.41, 5.74) is 1.03. The molecule has 0 aromatic heterocycles. The van der Waals surface area contributed by atoms with Crippen molar-refractivity contribution in [2.45, 2.75) is 13.0 Å². The molecule has 3 rings (SSSR count). The standard InChI is InChI=1S/C20H23FN2O3/c1-15(26-18-9-5-3-7-16(18)21)20(24)23-13-11-22(12-14-23)17-8-4-6-10-19(17)25-2/h3-10,15H,11-14H2,1-2H3. The summed E-state index contributed by atoms with van der Waals surface area (Å²) in [5.74, 6) is 0.325. The Bertz CT molecular complexity index is 760. The van der Waals surface area contributed by atoms with Crippen LogP contribution in [0.25, 0.3) is 0 Å². The number of amides is 1. The smallest absolute Gasteiger partial charge is 0.263 e. The average molecular weight is 358 g/mol. The minimum absolute atomic E-state index is 0.0982. The number of carbonyl (C=O) groups excluding carboxylic acids is 1. The van der Waals surface area contributed by atoms with Gasteiger partial charge >= 0.3 is 0 Å². The molecule has 0 bridgehead atoms. The lowest BCUT2D eigenvalue weighted by Crippen LogP contribution is -2.52. The number of ether oxygens (including phenoxy) is 2. The summed E-state index contributed by atoms with van der Waals surface area (Å²) < 4.78 is 24.6. The molecule has 1 saturated heterocycles. The highest BCUT2D eigenvalue weighted by Gasteiger charge is 2.27. The molecule has 2 aromatic carbocycles. The second kappa shape index (κ2) is 8.08. The van der Waals surface area contributed by atoms with Crippen LogP contribution < -0.4 is 14.4 Å². The second-order valence-corrected chi connectivity index (χ2v) is 6.17. The highest BCUT2D eigenvalue weighted by atomic mass is 19.1. The van der Waals surface area contributed by atoms with Crippen molar-refractivity contribution in [3.05, 3.63) is 54.3 Å². The Labute approximate surface area is 152 Å². The van der Waals surface area contributed by atoms with Gasteiger partial charge in [0.1, 0.15) is 5.75 Å². The zero-order chi connectivity index (χ0) is 18.5. The third kappa shape index (κ3) is 3.90. The highest BCUT2D eigenvalue weighted by molar-refractivity contribution is 5.81. The molecule has 0 radical (unpaired) electrons. The topological polar surface area (TPSA) is 42.0 Å². The first-order valence-electron chi connectivity index (χ1n) is 8.68. The molecule has 26 heavy (non-hydrogen) atoms. The van der Waals surface area contributed by atoms with Crippen molar-refractivity contribution in [3.8, 4) is 11.5 Å². The van der Waals surface area contributed by atoms with Gasteiger partial charge in [0.2, 0.25) is 0 Å². The number of nitrogens with zero attached hydrogens (tertiary/aromatic N) is 2. The van der Waals surface area contributed by atoms with E-state index in [1.165, 1.54) is 12.1 Å². The predicted molar refractivity (Wildman–Crippen MR) is 98.3 cm³/mol. The van der Waals surface area contributed by atoms with Crippen LogP contribution in [0, 0.1) is 5.82 Å². The Hall–Kier alpha value is -2.76. The number of hydrogen-bond acceptors (Lipinski definition) is 4. The number of methoxy groups -OCH3 is 1. The van der Waals surface area contributed by atoms with E-state index in [2.05, 4.69) is 4.90 Å². The van der Waals surface area contributed by atoms with Crippen LogP contribution in [0.5, 0.6) is 11.5 Å². The fourth-order valence-electron chi connectivity index (χ4n) is 3.10. The lowest BCUT2D eigenvalue weighted by molar-refractivity contribution is -0.138. The van der Waals surface area contributed by atoms with E-state index in [0.717, 1.165) is 11.4 Å². The second-order valence-electron chi connectivity index (χ2n) is 6.17. The number of anilines is 1. The first kappa shape index (κ1) is 18.0. The van der Waals surface area contributed by atoms with E-state index >= 15 is 0 Å². The first-order valence-corrected chi connectivity index (χ1v) is 8.68. The summed E-state index contributed by atoms with van der Waals surface area (Å²) >= 11 is 0. The summed E-state index contributed by atoms with van der Waals surface area (Å²) in [4.78, 5) is 16.6. The van der Waals surface area contributed by atoms with Gasteiger partial charge in [-0.05, 0) is 31.2 Å². The van der Waals surface area contributed by atoms with E-state index < -0.39 is 11.9 Å². The lowest BCUT2D eigenvalue weighted by atomic mass is 10.2. The van der Waals surface area contributed by atoms with Gasteiger partial charge in [-0.15, -0.1) is 0 Å². The summed E-state index contributed by atoms with van der Waals surface area (Å²) in [7, 11) is 1.65. The van der Waals surface area contributed by atoms with Crippen LogP contribution >= 0.6 is 0 Å². The van der Waals surface area contributed by atoms with E-state index in [1.807, 2.05) is 24.3 Å². The molecule has 0 aliphatic carbocycles. The number of benzene rings is 2. The van der Waals surface area contributed by atoms with Crippen molar-refractivity contribution >= 4 is 11.6 Å².